The summed E-state index contributed by atoms with van der Waals surface area (Å²) >= 11 is 0. The molecule has 0 bridgehead atoms. The first-order chi connectivity index (χ1) is 8.42. The van der Waals surface area contributed by atoms with Gasteiger partial charge in [-0.1, -0.05) is 6.07 Å². The zero-order valence-electron chi connectivity index (χ0n) is 8.92. The highest BCUT2D eigenvalue weighted by molar-refractivity contribution is 6.09. The first kappa shape index (κ1) is 8.70. The molecule has 0 fully saturated rings. The third kappa shape index (κ3) is 1.16. The Hall–Kier alpha value is -2.42. The van der Waals surface area contributed by atoms with Gasteiger partial charge in [0.15, 0.2) is 5.58 Å². The summed E-state index contributed by atoms with van der Waals surface area (Å²) in [5, 5.41) is 3.27. The first-order valence-corrected chi connectivity index (χ1v) is 5.43. The molecule has 4 aromatic rings. The molecule has 80 valence electrons. The fraction of sp³-hybridized carbons (Fsp3) is 0. The molecule has 0 amide bonds. The first-order valence-electron chi connectivity index (χ1n) is 5.43. The fourth-order valence-corrected chi connectivity index (χ4v) is 2.20. The van der Waals surface area contributed by atoms with Crippen molar-refractivity contribution in [2.24, 2.45) is 0 Å². The van der Waals surface area contributed by atoms with E-state index in [2.05, 4.69) is 16.0 Å². The highest BCUT2D eigenvalue weighted by Crippen LogP contribution is 2.30. The van der Waals surface area contributed by atoms with Gasteiger partial charge < -0.3 is 4.42 Å². The van der Waals surface area contributed by atoms with E-state index in [1.165, 1.54) is 0 Å². The SMILES string of the molecule is c1cnc2cc3c(cc2c1)oc1cnccc13. The molecule has 0 aliphatic carbocycles. The molecule has 0 spiro atoms. The summed E-state index contributed by atoms with van der Waals surface area (Å²) in [4.78, 5) is 8.43. The van der Waals surface area contributed by atoms with Gasteiger partial charge in [-0.2, -0.15) is 0 Å². The Morgan fingerprint density at radius 1 is 0.941 bits per heavy atom. The van der Waals surface area contributed by atoms with Crippen molar-refractivity contribution in [3.63, 3.8) is 0 Å². The van der Waals surface area contributed by atoms with Crippen LogP contribution in [0.2, 0.25) is 0 Å². The standard InChI is InChI=1S/C14H8N2O/c1-2-9-6-13-11(7-12(9)16-4-1)10-3-5-15-8-14(10)17-13/h1-8H. The summed E-state index contributed by atoms with van der Waals surface area (Å²) in [6, 6.07) is 10.0. The van der Waals surface area contributed by atoms with Crippen molar-refractivity contribution in [3.05, 3.63) is 48.9 Å². The van der Waals surface area contributed by atoms with Crippen molar-refractivity contribution >= 4 is 32.8 Å². The second kappa shape index (κ2) is 3.04. The van der Waals surface area contributed by atoms with Crippen LogP contribution in [-0.2, 0) is 0 Å². The molecule has 4 rings (SSSR count). The van der Waals surface area contributed by atoms with Crippen molar-refractivity contribution in [1.29, 1.82) is 0 Å². The van der Waals surface area contributed by atoms with Gasteiger partial charge in [-0.25, -0.2) is 0 Å². The van der Waals surface area contributed by atoms with E-state index in [1.807, 2.05) is 24.3 Å². The van der Waals surface area contributed by atoms with Crippen LogP contribution in [0.3, 0.4) is 0 Å². The van der Waals surface area contributed by atoms with Gasteiger partial charge in [0.25, 0.3) is 0 Å². The van der Waals surface area contributed by atoms with E-state index in [1.54, 1.807) is 18.6 Å². The zero-order valence-corrected chi connectivity index (χ0v) is 8.92. The smallest absolute Gasteiger partial charge is 0.153 e. The van der Waals surface area contributed by atoms with Gasteiger partial charge in [-0.15, -0.1) is 0 Å². The average molecular weight is 220 g/mol. The molecule has 3 aromatic heterocycles. The zero-order chi connectivity index (χ0) is 11.2. The second-order valence-electron chi connectivity index (χ2n) is 4.02. The molecule has 3 heterocycles. The van der Waals surface area contributed by atoms with E-state index in [-0.39, 0.29) is 0 Å². The lowest BCUT2D eigenvalue weighted by Crippen LogP contribution is -1.76. The topological polar surface area (TPSA) is 38.9 Å². The van der Waals surface area contributed by atoms with E-state index in [0.29, 0.717) is 0 Å². The van der Waals surface area contributed by atoms with E-state index in [4.69, 9.17) is 4.42 Å². The molecule has 3 nitrogen and oxygen atoms in total. The maximum Gasteiger partial charge on any atom is 0.153 e. The van der Waals surface area contributed by atoms with Crippen LogP contribution in [0.25, 0.3) is 32.8 Å². The number of aromatic nitrogens is 2. The second-order valence-corrected chi connectivity index (χ2v) is 4.02. The minimum Gasteiger partial charge on any atom is -0.454 e. The van der Waals surface area contributed by atoms with Crippen LogP contribution in [0.1, 0.15) is 0 Å². The third-order valence-electron chi connectivity index (χ3n) is 3.00. The molecule has 0 saturated heterocycles. The Balaban J connectivity index is 2.28. The summed E-state index contributed by atoms with van der Waals surface area (Å²) in [6.45, 7) is 0. The van der Waals surface area contributed by atoms with Crippen molar-refractivity contribution in [1.82, 2.24) is 9.97 Å². The fourth-order valence-electron chi connectivity index (χ4n) is 2.20. The lowest BCUT2D eigenvalue weighted by Gasteiger charge is -1.95. The van der Waals surface area contributed by atoms with Gasteiger partial charge in [0.2, 0.25) is 0 Å². The summed E-state index contributed by atoms with van der Waals surface area (Å²) in [5.41, 5.74) is 2.69. The number of furan rings is 1. The molecule has 3 heteroatoms. The van der Waals surface area contributed by atoms with E-state index < -0.39 is 0 Å². The molecule has 0 saturated carbocycles. The Morgan fingerprint density at radius 2 is 1.94 bits per heavy atom. The molecule has 1 aromatic carbocycles. The summed E-state index contributed by atoms with van der Waals surface area (Å²) in [5.74, 6) is 0. The van der Waals surface area contributed by atoms with E-state index in [0.717, 1.165) is 32.8 Å². The maximum atomic E-state index is 5.77. The number of benzene rings is 1. The van der Waals surface area contributed by atoms with Crippen LogP contribution < -0.4 is 0 Å². The van der Waals surface area contributed by atoms with Gasteiger partial charge in [0.1, 0.15) is 5.58 Å². The minimum absolute atomic E-state index is 0.817. The van der Waals surface area contributed by atoms with E-state index in [9.17, 15) is 0 Å². The van der Waals surface area contributed by atoms with Crippen LogP contribution in [-0.4, -0.2) is 9.97 Å². The van der Waals surface area contributed by atoms with Gasteiger partial charge in [0.05, 0.1) is 11.7 Å². The number of fused-ring (bicyclic) bond motifs is 4. The molecule has 0 radical (unpaired) electrons. The van der Waals surface area contributed by atoms with Gasteiger partial charge in [-0.3, -0.25) is 9.97 Å². The van der Waals surface area contributed by atoms with Gasteiger partial charge in [-0.05, 0) is 24.3 Å². The number of hydrogen-bond acceptors (Lipinski definition) is 3. The highest BCUT2D eigenvalue weighted by atomic mass is 16.3. The van der Waals surface area contributed by atoms with Crippen LogP contribution in [0.5, 0.6) is 0 Å². The molecule has 0 atom stereocenters. The number of rotatable bonds is 0. The quantitative estimate of drug-likeness (QED) is 0.455. The van der Waals surface area contributed by atoms with E-state index >= 15 is 0 Å². The van der Waals surface area contributed by atoms with Crippen molar-refractivity contribution in [2.75, 3.05) is 0 Å². The normalized spacial score (nSPS) is 11.5. The summed E-state index contributed by atoms with van der Waals surface area (Å²) in [6.07, 6.45) is 5.32. The molecule has 0 aliphatic rings. The van der Waals surface area contributed by atoms with Crippen LogP contribution in [0, 0.1) is 0 Å². The molecule has 0 unspecified atom stereocenters. The molecule has 17 heavy (non-hydrogen) atoms. The van der Waals surface area contributed by atoms with Crippen LogP contribution >= 0.6 is 0 Å². The molecule has 0 aliphatic heterocycles. The third-order valence-corrected chi connectivity index (χ3v) is 3.00. The Kier molecular flexibility index (Phi) is 1.56. The van der Waals surface area contributed by atoms with Gasteiger partial charge >= 0.3 is 0 Å². The highest BCUT2D eigenvalue weighted by Gasteiger charge is 2.07. The molecule has 0 N–H and O–H groups in total. The Morgan fingerprint density at radius 3 is 2.94 bits per heavy atom. The number of nitrogens with zero attached hydrogens (tertiary/aromatic N) is 2. The average Bonchev–Trinajstić information content (AvgIpc) is 2.73. The summed E-state index contributed by atoms with van der Waals surface area (Å²) < 4.78 is 5.77. The molecular weight excluding hydrogens is 212 g/mol. The largest absolute Gasteiger partial charge is 0.454 e. The molecular formula is C14H8N2O. The van der Waals surface area contributed by atoms with Crippen molar-refractivity contribution in [3.8, 4) is 0 Å². The summed E-state index contributed by atoms with van der Waals surface area (Å²) in [7, 11) is 0. The van der Waals surface area contributed by atoms with Crippen LogP contribution in [0.4, 0.5) is 0 Å². The lowest BCUT2D eigenvalue weighted by atomic mass is 10.1. The van der Waals surface area contributed by atoms with Crippen molar-refractivity contribution in [2.45, 2.75) is 0 Å². The Bertz CT molecular complexity index is 842. The predicted molar refractivity (Wildman–Crippen MR) is 66.8 cm³/mol. The van der Waals surface area contributed by atoms with Crippen LogP contribution in [0.15, 0.2) is 53.3 Å². The maximum absolute atomic E-state index is 5.77. The lowest BCUT2D eigenvalue weighted by molar-refractivity contribution is 0.667. The number of hydrogen-bond donors (Lipinski definition) is 0. The Labute approximate surface area is 96.7 Å². The van der Waals surface area contributed by atoms with Crippen molar-refractivity contribution < 1.29 is 4.42 Å². The minimum atomic E-state index is 0.817. The van der Waals surface area contributed by atoms with Gasteiger partial charge in [0, 0.05) is 28.6 Å². The monoisotopic (exact) mass is 220 g/mol. The predicted octanol–water partition coefficient (Wildman–Crippen LogP) is 3.53. The number of pyridine rings is 2.